The van der Waals surface area contributed by atoms with Crippen LogP contribution in [-0.2, 0) is 4.74 Å². The number of carbonyl (C=O) groups is 1. The highest BCUT2D eigenvalue weighted by Gasteiger charge is 2.25. The van der Waals surface area contributed by atoms with Crippen LogP contribution in [0.25, 0.3) is 0 Å². The van der Waals surface area contributed by atoms with Gasteiger partial charge in [0.05, 0.1) is 6.61 Å². The normalized spacial score (nSPS) is 20.4. The van der Waals surface area contributed by atoms with Crippen molar-refractivity contribution in [3.8, 4) is 0 Å². The number of methoxy groups -OCH3 is 1. The number of amides is 1. The lowest BCUT2D eigenvalue weighted by molar-refractivity contribution is 0.0709. The van der Waals surface area contributed by atoms with Gasteiger partial charge >= 0.3 is 0 Å². The van der Waals surface area contributed by atoms with E-state index in [9.17, 15) is 4.79 Å². The molecule has 1 N–H and O–H groups in total. The van der Waals surface area contributed by atoms with Gasteiger partial charge in [0.15, 0.2) is 0 Å². The molecule has 1 aromatic carbocycles. The Balaban J connectivity index is 2.12. The van der Waals surface area contributed by atoms with E-state index in [-0.39, 0.29) is 5.91 Å². The molecule has 5 nitrogen and oxygen atoms in total. The van der Waals surface area contributed by atoms with Gasteiger partial charge < -0.3 is 10.1 Å². The summed E-state index contributed by atoms with van der Waals surface area (Å²) in [6, 6.07) is 8.24. The van der Waals surface area contributed by atoms with Crippen molar-refractivity contribution in [3.05, 3.63) is 35.4 Å². The van der Waals surface area contributed by atoms with E-state index < -0.39 is 0 Å². The monoisotopic (exact) mass is 291 g/mol. The molecule has 116 valence electrons. The van der Waals surface area contributed by atoms with Gasteiger partial charge in [-0.2, -0.15) is 0 Å². The van der Waals surface area contributed by atoms with Crippen LogP contribution in [0.3, 0.4) is 0 Å². The van der Waals surface area contributed by atoms with E-state index in [4.69, 9.17) is 4.74 Å². The molecular weight excluding hydrogens is 266 g/mol. The molecule has 0 spiro atoms. The van der Waals surface area contributed by atoms with Crippen LogP contribution >= 0.6 is 0 Å². The minimum absolute atomic E-state index is 0.0356. The third-order valence-electron chi connectivity index (χ3n) is 4.10. The van der Waals surface area contributed by atoms with E-state index in [1.165, 1.54) is 5.56 Å². The maximum Gasteiger partial charge on any atom is 0.251 e. The average molecular weight is 291 g/mol. The average Bonchev–Trinajstić information content (AvgIpc) is 2.53. The summed E-state index contributed by atoms with van der Waals surface area (Å²) in [7, 11) is 5.54. The Morgan fingerprint density at radius 2 is 2.24 bits per heavy atom. The smallest absolute Gasteiger partial charge is 0.251 e. The number of ether oxygens (including phenoxy) is 1. The molecule has 1 fully saturated rings. The Hall–Kier alpha value is -1.43. The van der Waals surface area contributed by atoms with E-state index in [1.54, 1.807) is 14.2 Å². The van der Waals surface area contributed by atoms with Crippen LogP contribution in [0.5, 0.6) is 0 Å². The third-order valence-corrected chi connectivity index (χ3v) is 4.10. The Labute approximate surface area is 126 Å². The van der Waals surface area contributed by atoms with Crippen LogP contribution in [-0.4, -0.2) is 69.7 Å². The molecule has 2 rings (SSSR count). The molecule has 0 aromatic heterocycles. The van der Waals surface area contributed by atoms with E-state index in [2.05, 4.69) is 28.2 Å². The zero-order valence-corrected chi connectivity index (χ0v) is 13.1. The second-order valence-electron chi connectivity index (χ2n) is 5.49. The molecule has 1 aliphatic rings. The van der Waals surface area contributed by atoms with Crippen LogP contribution in [0.15, 0.2) is 24.3 Å². The third kappa shape index (κ3) is 4.03. The first-order valence-corrected chi connectivity index (χ1v) is 7.39. The summed E-state index contributed by atoms with van der Waals surface area (Å²) in [6.07, 6.45) is 0. The Kier molecular flexibility index (Phi) is 5.73. The van der Waals surface area contributed by atoms with Crippen molar-refractivity contribution in [2.75, 3.05) is 54.0 Å². The number of carbonyl (C=O) groups excluding carboxylic acids is 1. The standard InChI is InChI=1S/C16H25N3O2/c1-17-16(20)14-6-4-5-13(11-14)15-12-19(9-10-21-3)8-7-18(15)2/h4-6,11,15H,7-10,12H2,1-3H3,(H,17,20)/t15-/m0/s1. The maximum absolute atomic E-state index is 11.8. The topological polar surface area (TPSA) is 44.8 Å². The fraction of sp³-hybridized carbons (Fsp3) is 0.562. The summed E-state index contributed by atoms with van der Waals surface area (Å²) in [4.78, 5) is 16.6. The number of rotatable bonds is 5. The predicted octanol–water partition coefficient (Wildman–Crippen LogP) is 0.981. The molecule has 0 aliphatic carbocycles. The van der Waals surface area contributed by atoms with Crippen molar-refractivity contribution in [2.45, 2.75) is 6.04 Å². The zero-order chi connectivity index (χ0) is 15.2. The lowest BCUT2D eigenvalue weighted by Gasteiger charge is -2.39. The number of likely N-dealkylation sites (N-methyl/N-ethyl adjacent to an activating group) is 1. The molecule has 0 unspecified atom stereocenters. The minimum atomic E-state index is -0.0356. The number of nitrogens with zero attached hydrogens (tertiary/aromatic N) is 2. The van der Waals surface area contributed by atoms with Gasteiger partial charge in [-0.1, -0.05) is 12.1 Å². The van der Waals surface area contributed by atoms with Gasteiger partial charge in [-0.05, 0) is 24.7 Å². The highest BCUT2D eigenvalue weighted by molar-refractivity contribution is 5.94. The fourth-order valence-corrected chi connectivity index (χ4v) is 2.75. The SMILES string of the molecule is CNC(=O)c1cccc([C@@H]2CN(CCOC)CCN2C)c1. The largest absolute Gasteiger partial charge is 0.383 e. The second kappa shape index (κ2) is 7.54. The molecule has 21 heavy (non-hydrogen) atoms. The van der Waals surface area contributed by atoms with E-state index in [0.717, 1.165) is 38.3 Å². The van der Waals surface area contributed by atoms with E-state index in [1.807, 2.05) is 18.2 Å². The molecule has 1 amide bonds. The zero-order valence-electron chi connectivity index (χ0n) is 13.1. The van der Waals surface area contributed by atoms with E-state index >= 15 is 0 Å². The highest BCUT2D eigenvalue weighted by Crippen LogP contribution is 2.24. The lowest BCUT2D eigenvalue weighted by atomic mass is 10.00. The van der Waals surface area contributed by atoms with Crippen LogP contribution in [0.1, 0.15) is 22.0 Å². The molecule has 0 saturated carbocycles. The van der Waals surface area contributed by atoms with Gasteiger partial charge in [0.2, 0.25) is 0 Å². The quantitative estimate of drug-likeness (QED) is 0.878. The van der Waals surface area contributed by atoms with Crippen LogP contribution in [0.2, 0.25) is 0 Å². The number of hydrogen-bond acceptors (Lipinski definition) is 4. The van der Waals surface area contributed by atoms with Crippen LogP contribution < -0.4 is 5.32 Å². The van der Waals surface area contributed by atoms with Crippen molar-refractivity contribution in [1.82, 2.24) is 15.1 Å². The predicted molar refractivity (Wildman–Crippen MR) is 83.5 cm³/mol. The Bertz CT molecular complexity index is 476. The first-order chi connectivity index (χ1) is 10.2. The maximum atomic E-state index is 11.8. The molecule has 1 aromatic rings. The summed E-state index contributed by atoms with van der Waals surface area (Å²) in [5.41, 5.74) is 1.91. The highest BCUT2D eigenvalue weighted by atomic mass is 16.5. The summed E-state index contributed by atoms with van der Waals surface area (Å²) in [6.45, 7) is 4.77. The van der Waals surface area contributed by atoms with Gasteiger partial charge in [-0.15, -0.1) is 0 Å². The first kappa shape index (κ1) is 15.9. The van der Waals surface area contributed by atoms with Gasteiger partial charge in [-0.3, -0.25) is 14.6 Å². The molecule has 1 heterocycles. The van der Waals surface area contributed by atoms with Gasteiger partial charge in [0, 0.05) is 51.9 Å². The van der Waals surface area contributed by atoms with Gasteiger partial charge in [-0.25, -0.2) is 0 Å². The van der Waals surface area contributed by atoms with Gasteiger partial charge in [0.25, 0.3) is 5.91 Å². The number of nitrogens with one attached hydrogen (secondary N) is 1. The second-order valence-corrected chi connectivity index (χ2v) is 5.49. The van der Waals surface area contributed by atoms with Crippen molar-refractivity contribution < 1.29 is 9.53 Å². The summed E-state index contributed by atoms with van der Waals surface area (Å²) >= 11 is 0. The minimum Gasteiger partial charge on any atom is -0.383 e. The first-order valence-electron chi connectivity index (χ1n) is 7.39. The molecule has 1 atom stereocenters. The van der Waals surface area contributed by atoms with Crippen molar-refractivity contribution in [2.24, 2.45) is 0 Å². The molecule has 1 saturated heterocycles. The molecule has 5 heteroatoms. The summed E-state index contributed by atoms with van der Waals surface area (Å²) in [5.74, 6) is -0.0356. The molecular formula is C16H25N3O2. The van der Waals surface area contributed by atoms with E-state index in [0.29, 0.717) is 6.04 Å². The van der Waals surface area contributed by atoms with Crippen LogP contribution in [0, 0.1) is 0 Å². The van der Waals surface area contributed by atoms with Crippen molar-refractivity contribution in [1.29, 1.82) is 0 Å². The summed E-state index contributed by atoms with van der Waals surface area (Å²) < 4.78 is 5.17. The van der Waals surface area contributed by atoms with Crippen LogP contribution in [0.4, 0.5) is 0 Å². The Morgan fingerprint density at radius 3 is 2.95 bits per heavy atom. The molecule has 0 bridgehead atoms. The number of hydrogen-bond donors (Lipinski definition) is 1. The Morgan fingerprint density at radius 1 is 1.43 bits per heavy atom. The number of benzene rings is 1. The van der Waals surface area contributed by atoms with Crippen molar-refractivity contribution in [3.63, 3.8) is 0 Å². The van der Waals surface area contributed by atoms with Gasteiger partial charge in [0.1, 0.15) is 0 Å². The lowest BCUT2D eigenvalue weighted by Crippen LogP contribution is -2.47. The summed E-state index contributed by atoms with van der Waals surface area (Å²) in [5, 5.41) is 2.68. The fourth-order valence-electron chi connectivity index (χ4n) is 2.75. The molecule has 0 radical (unpaired) electrons. The molecule has 1 aliphatic heterocycles. The number of piperazine rings is 1. The van der Waals surface area contributed by atoms with Crippen molar-refractivity contribution >= 4 is 5.91 Å².